The fourth-order valence-electron chi connectivity index (χ4n) is 3.59. The molecule has 3 rings (SSSR count). The second kappa shape index (κ2) is 6.33. The van der Waals surface area contributed by atoms with Crippen molar-refractivity contribution in [1.82, 2.24) is 5.32 Å². The van der Waals surface area contributed by atoms with Gasteiger partial charge in [0.25, 0.3) is 0 Å². The molecule has 110 valence electrons. The van der Waals surface area contributed by atoms with Gasteiger partial charge in [-0.3, -0.25) is 0 Å². The molecule has 4 unspecified atom stereocenters. The van der Waals surface area contributed by atoms with Gasteiger partial charge in [-0.15, -0.1) is 0 Å². The Balaban J connectivity index is 1.39. The van der Waals surface area contributed by atoms with E-state index in [1.54, 1.807) is 6.07 Å². The maximum Gasteiger partial charge on any atom is 0.138 e. The van der Waals surface area contributed by atoms with Crippen LogP contribution in [0, 0.1) is 11.8 Å². The summed E-state index contributed by atoms with van der Waals surface area (Å²) in [7, 11) is 0. The highest BCUT2D eigenvalue weighted by Gasteiger charge is 2.39. The summed E-state index contributed by atoms with van der Waals surface area (Å²) in [5, 5.41) is 14.1. The third kappa shape index (κ3) is 3.27. The Morgan fingerprint density at radius 2 is 2.15 bits per heavy atom. The number of hydrogen-bond acceptors (Lipinski definition) is 3. The van der Waals surface area contributed by atoms with Gasteiger partial charge in [0.1, 0.15) is 18.5 Å². The second-order valence-electron chi connectivity index (χ2n) is 6.08. The average Bonchev–Trinajstić information content (AvgIpc) is 3.06. The van der Waals surface area contributed by atoms with Crippen molar-refractivity contribution >= 4 is 11.6 Å². The first-order valence-electron chi connectivity index (χ1n) is 7.51. The van der Waals surface area contributed by atoms with Crippen molar-refractivity contribution < 1.29 is 9.84 Å². The van der Waals surface area contributed by atoms with Gasteiger partial charge in [0.05, 0.1) is 5.02 Å². The third-order valence-electron chi connectivity index (χ3n) is 4.62. The summed E-state index contributed by atoms with van der Waals surface area (Å²) in [5.41, 5.74) is 0. The van der Waals surface area contributed by atoms with Gasteiger partial charge in [0.15, 0.2) is 0 Å². The SMILES string of the molecule is OC(CNC1CC2CCC1C2)COc1ccccc1Cl. The van der Waals surface area contributed by atoms with Crippen LogP contribution < -0.4 is 10.1 Å². The van der Waals surface area contributed by atoms with E-state index in [0.717, 1.165) is 11.8 Å². The first-order chi connectivity index (χ1) is 9.72. The molecule has 0 aliphatic heterocycles. The second-order valence-corrected chi connectivity index (χ2v) is 6.49. The van der Waals surface area contributed by atoms with Gasteiger partial charge >= 0.3 is 0 Å². The number of halogens is 1. The van der Waals surface area contributed by atoms with Gasteiger partial charge < -0.3 is 15.2 Å². The van der Waals surface area contributed by atoms with Crippen molar-refractivity contribution in [3.05, 3.63) is 29.3 Å². The number of ether oxygens (including phenoxy) is 1. The normalized spacial score (nSPS) is 29.6. The number of aliphatic hydroxyl groups is 1. The highest BCUT2D eigenvalue weighted by Crippen LogP contribution is 2.44. The highest BCUT2D eigenvalue weighted by molar-refractivity contribution is 6.32. The predicted molar refractivity (Wildman–Crippen MR) is 80.2 cm³/mol. The molecule has 0 heterocycles. The zero-order chi connectivity index (χ0) is 13.9. The van der Waals surface area contributed by atoms with E-state index in [-0.39, 0.29) is 6.61 Å². The molecule has 2 bridgehead atoms. The van der Waals surface area contributed by atoms with Gasteiger partial charge in [-0.1, -0.05) is 30.2 Å². The summed E-state index contributed by atoms with van der Waals surface area (Å²) in [6, 6.07) is 7.95. The van der Waals surface area contributed by atoms with Crippen molar-refractivity contribution in [3.63, 3.8) is 0 Å². The van der Waals surface area contributed by atoms with Crippen LogP contribution in [0.2, 0.25) is 5.02 Å². The Labute approximate surface area is 125 Å². The lowest BCUT2D eigenvalue weighted by Crippen LogP contribution is -2.40. The van der Waals surface area contributed by atoms with Crippen LogP contribution in [0.4, 0.5) is 0 Å². The molecule has 2 saturated carbocycles. The number of para-hydroxylation sites is 1. The number of benzene rings is 1. The van der Waals surface area contributed by atoms with Gasteiger partial charge in [0, 0.05) is 12.6 Å². The molecule has 4 heteroatoms. The van der Waals surface area contributed by atoms with Crippen LogP contribution in [-0.2, 0) is 0 Å². The zero-order valence-corrected chi connectivity index (χ0v) is 12.4. The van der Waals surface area contributed by atoms with E-state index in [0.29, 0.717) is 23.4 Å². The summed E-state index contributed by atoms with van der Waals surface area (Å²) in [6.45, 7) is 0.871. The van der Waals surface area contributed by atoms with Crippen LogP contribution in [-0.4, -0.2) is 30.4 Å². The summed E-state index contributed by atoms with van der Waals surface area (Å²) in [6.07, 6.45) is 4.92. The van der Waals surface area contributed by atoms with Gasteiger partial charge in [-0.25, -0.2) is 0 Å². The molecular formula is C16H22ClNO2. The van der Waals surface area contributed by atoms with E-state index >= 15 is 0 Å². The maximum absolute atomic E-state index is 10.0. The van der Waals surface area contributed by atoms with Crippen LogP contribution in [0.25, 0.3) is 0 Å². The molecule has 3 nitrogen and oxygen atoms in total. The van der Waals surface area contributed by atoms with E-state index in [9.17, 15) is 5.11 Å². The summed E-state index contributed by atoms with van der Waals surface area (Å²) in [5.74, 6) is 2.39. The fourth-order valence-corrected chi connectivity index (χ4v) is 3.78. The minimum atomic E-state index is -0.495. The van der Waals surface area contributed by atoms with E-state index in [1.165, 1.54) is 25.7 Å². The molecule has 0 saturated heterocycles. The first-order valence-corrected chi connectivity index (χ1v) is 7.89. The van der Waals surface area contributed by atoms with Crippen LogP contribution in [0.3, 0.4) is 0 Å². The number of hydrogen-bond donors (Lipinski definition) is 2. The first kappa shape index (κ1) is 14.2. The Hall–Kier alpha value is -0.770. The Morgan fingerprint density at radius 1 is 1.30 bits per heavy atom. The minimum Gasteiger partial charge on any atom is -0.489 e. The lowest BCUT2D eigenvalue weighted by Gasteiger charge is -2.24. The van der Waals surface area contributed by atoms with Crippen molar-refractivity contribution in [2.75, 3.05) is 13.2 Å². The van der Waals surface area contributed by atoms with Crippen LogP contribution in [0.1, 0.15) is 25.7 Å². The standard InChI is InChI=1S/C16H22ClNO2/c17-14-3-1-2-4-16(14)20-10-13(19)9-18-15-8-11-5-6-12(15)7-11/h1-4,11-13,15,18-19H,5-10H2. The lowest BCUT2D eigenvalue weighted by molar-refractivity contribution is 0.101. The number of rotatable bonds is 6. The zero-order valence-electron chi connectivity index (χ0n) is 11.6. The molecule has 2 N–H and O–H groups in total. The molecular weight excluding hydrogens is 274 g/mol. The van der Waals surface area contributed by atoms with Crippen molar-refractivity contribution in [2.24, 2.45) is 11.8 Å². The maximum atomic E-state index is 10.0. The van der Waals surface area contributed by atoms with Crippen molar-refractivity contribution in [3.8, 4) is 5.75 Å². The molecule has 20 heavy (non-hydrogen) atoms. The van der Waals surface area contributed by atoms with Crippen LogP contribution >= 0.6 is 11.6 Å². The van der Waals surface area contributed by atoms with E-state index in [1.807, 2.05) is 18.2 Å². The molecule has 2 fully saturated rings. The van der Waals surface area contributed by atoms with Crippen LogP contribution in [0.5, 0.6) is 5.75 Å². The molecule has 0 radical (unpaired) electrons. The Kier molecular flexibility index (Phi) is 4.49. The number of fused-ring (bicyclic) bond motifs is 2. The minimum absolute atomic E-state index is 0.275. The lowest BCUT2D eigenvalue weighted by atomic mass is 9.95. The van der Waals surface area contributed by atoms with Crippen molar-refractivity contribution in [2.45, 2.75) is 37.8 Å². The predicted octanol–water partition coefficient (Wildman–Crippen LogP) is 2.86. The number of aliphatic hydroxyl groups excluding tert-OH is 1. The van der Waals surface area contributed by atoms with Crippen LogP contribution in [0.15, 0.2) is 24.3 Å². The molecule has 0 spiro atoms. The Bertz CT molecular complexity index is 454. The third-order valence-corrected chi connectivity index (χ3v) is 4.93. The largest absolute Gasteiger partial charge is 0.489 e. The molecule has 2 aliphatic rings. The molecule has 1 aromatic carbocycles. The quantitative estimate of drug-likeness (QED) is 0.848. The van der Waals surface area contributed by atoms with Gasteiger partial charge in [-0.05, 0) is 43.2 Å². The molecule has 1 aromatic rings. The highest BCUT2D eigenvalue weighted by atomic mass is 35.5. The molecule has 4 atom stereocenters. The summed E-state index contributed by atoms with van der Waals surface area (Å²) < 4.78 is 5.55. The van der Waals surface area contributed by atoms with Gasteiger partial charge in [0.2, 0.25) is 0 Å². The van der Waals surface area contributed by atoms with E-state index < -0.39 is 6.10 Å². The summed E-state index contributed by atoms with van der Waals surface area (Å²) in [4.78, 5) is 0. The summed E-state index contributed by atoms with van der Waals surface area (Å²) >= 11 is 6.01. The van der Waals surface area contributed by atoms with Crippen molar-refractivity contribution in [1.29, 1.82) is 0 Å². The topological polar surface area (TPSA) is 41.5 Å². The Morgan fingerprint density at radius 3 is 2.85 bits per heavy atom. The van der Waals surface area contributed by atoms with Gasteiger partial charge in [-0.2, -0.15) is 0 Å². The number of nitrogens with one attached hydrogen (secondary N) is 1. The smallest absolute Gasteiger partial charge is 0.138 e. The monoisotopic (exact) mass is 295 g/mol. The van der Waals surface area contributed by atoms with E-state index in [4.69, 9.17) is 16.3 Å². The molecule has 0 aromatic heterocycles. The van der Waals surface area contributed by atoms with E-state index in [2.05, 4.69) is 5.32 Å². The molecule has 0 amide bonds. The average molecular weight is 296 g/mol. The molecule has 2 aliphatic carbocycles. The fraction of sp³-hybridized carbons (Fsp3) is 0.625.